The van der Waals surface area contributed by atoms with E-state index in [2.05, 4.69) is 184 Å². The third kappa shape index (κ3) is 59.8. The van der Waals surface area contributed by atoms with Crippen LogP contribution in [-0.2, 0) is 19.1 Å². The average Bonchev–Trinajstić information content (AvgIpc) is 3.40. The van der Waals surface area contributed by atoms with Crippen molar-refractivity contribution in [2.75, 3.05) is 13.2 Å². The second-order valence-corrected chi connectivity index (χ2v) is 19.0. The van der Waals surface area contributed by atoms with Gasteiger partial charge in [-0.1, -0.05) is 261 Å². The first-order valence-electron chi connectivity index (χ1n) is 29.7. The predicted molar refractivity (Wildman–Crippen MR) is 324 cm³/mol. The molecule has 0 amide bonds. The lowest BCUT2D eigenvalue weighted by Crippen LogP contribution is -2.28. The highest BCUT2D eigenvalue weighted by molar-refractivity contribution is 5.70. The Balaban J connectivity index is 3.62. The van der Waals surface area contributed by atoms with Crippen molar-refractivity contribution in [2.45, 2.75) is 238 Å². The van der Waals surface area contributed by atoms with Gasteiger partial charge in [-0.15, -0.1) is 0 Å². The maximum Gasteiger partial charge on any atom is 0.306 e. The molecule has 0 aromatic carbocycles. The number of rotatable bonds is 52. The van der Waals surface area contributed by atoms with Crippen LogP contribution in [0.15, 0.2) is 170 Å². The van der Waals surface area contributed by atoms with Crippen LogP contribution in [0.1, 0.15) is 232 Å². The molecule has 5 heteroatoms. The highest BCUT2D eigenvalue weighted by Gasteiger charge is 2.16. The van der Waals surface area contributed by atoms with Gasteiger partial charge in [-0.05, 0) is 128 Å². The number of ether oxygens (including phenoxy) is 2. The molecule has 1 atom stereocenters. The Hall–Kier alpha value is -4.74. The zero-order chi connectivity index (χ0) is 53.4. The highest BCUT2D eigenvalue weighted by atomic mass is 16.6. The molecule has 414 valence electrons. The second kappa shape index (κ2) is 62.6. The van der Waals surface area contributed by atoms with Crippen molar-refractivity contribution in [2.24, 2.45) is 0 Å². The molecule has 0 heterocycles. The van der Waals surface area contributed by atoms with Crippen LogP contribution in [0.3, 0.4) is 0 Å². The third-order valence-electron chi connectivity index (χ3n) is 12.0. The van der Waals surface area contributed by atoms with Crippen LogP contribution in [0.2, 0.25) is 0 Å². The number of hydrogen-bond acceptors (Lipinski definition) is 5. The zero-order valence-corrected chi connectivity index (χ0v) is 47.3. The van der Waals surface area contributed by atoms with Gasteiger partial charge in [0.2, 0.25) is 0 Å². The third-order valence-corrected chi connectivity index (χ3v) is 12.0. The van der Waals surface area contributed by atoms with Crippen LogP contribution >= 0.6 is 0 Å². The summed E-state index contributed by atoms with van der Waals surface area (Å²) in [6.45, 7) is 3.89. The smallest absolute Gasteiger partial charge is 0.306 e. The number of hydrogen-bond donors (Lipinski definition) is 1. The van der Waals surface area contributed by atoms with E-state index in [1.54, 1.807) is 0 Å². The normalized spacial score (nSPS) is 13.5. The van der Waals surface area contributed by atoms with Gasteiger partial charge in [0.25, 0.3) is 0 Å². The van der Waals surface area contributed by atoms with Gasteiger partial charge in [-0.3, -0.25) is 9.59 Å². The maximum atomic E-state index is 12.3. The lowest BCUT2D eigenvalue weighted by atomic mass is 10.1. The van der Waals surface area contributed by atoms with Crippen molar-refractivity contribution in [1.29, 1.82) is 0 Å². The predicted octanol–water partition coefficient (Wildman–Crippen LogP) is 20.5. The maximum absolute atomic E-state index is 12.3. The summed E-state index contributed by atoms with van der Waals surface area (Å²) in [5, 5.41) is 9.66. The van der Waals surface area contributed by atoms with Gasteiger partial charge in [0, 0.05) is 12.8 Å². The summed E-state index contributed by atoms with van der Waals surface area (Å²) in [4.78, 5) is 24.5. The van der Waals surface area contributed by atoms with Crippen molar-refractivity contribution in [3.05, 3.63) is 170 Å². The van der Waals surface area contributed by atoms with Crippen LogP contribution in [0.5, 0.6) is 0 Å². The van der Waals surface area contributed by atoms with E-state index in [0.717, 1.165) is 141 Å². The lowest BCUT2D eigenvalue weighted by molar-refractivity contribution is -0.161. The SMILES string of the molecule is CC/C=C\C/C=C\C/C=C\C/C=C\C/C=C\C/C=C\C/C=C\C/C=C\C/C=C\C/C=C\CCCCCCCCCCC(=O)OC(CO)COC(=O)CCCCCCCCCC/C=C\C/C=C\C/C=C\C/C=C\CC. The molecule has 1 unspecified atom stereocenters. The number of allylic oxidation sites excluding steroid dienone is 28. The van der Waals surface area contributed by atoms with Crippen LogP contribution in [-0.4, -0.2) is 36.4 Å². The largest absolute Gasteiger partial charge is 0.462 e. The van der Waals surface area contributed by atoms with E-state index in [0.29, 0.717) is 12.8 Å². The lowest BCUT2D eigenvalue weighted by Gasteiger charge is -2.15. The van der Waals surface area contributed by atoms with Crippen molar-refractivity contribution in [1.82, 2.24) is 0 Å². The number of aliphatic hydroxyl groups excluding tert-OH is 1. The second-order valence-electron chi connectivity index (χ2n) is 19.0. The van der Waals surface area contributed by atoms with E-state index >= 15 is 0 Å². The molecule has 0 saturated heterocycles. The summed E-state index contributed by atoms with van der Waals surface area (Å²) >= 11 is 0. The molecule has 0 bridgehead atoms. The van der Waals surface area contributed by atoms with Crippen molar-refractivity contribution in [3.63, 3.8) is 0 Å². The first kappa shape index (κ1) is 69.3. The monoisotopic (exact) mass is 1020 g/mol. The molecule has 0 fully saturated rings. The molecule has 1 N–H and O–H groups in total. The molecular formula is C69H108O5. The molecule has 0 radical (unpaired) electrons. The van der Waals surface area contributed by atoms with Gasteiger partial charge in [0.05, 0.1) is 6.61 Å². The molecule has 0 spiro atoms. The Labute approximate surface area is 455 Å². The van der Waals surface area contributed by atoms with Gasteiger partial charge >= 0.3 is 11.9 Å². The summed E-state index contributed by atoms with van der Waals surface area (Å²) in [6.07, 6.45) is 97.5. The highest BCUT2D eigenvalue weighted by Crippen LogP contribution is 2.14. The molecule has 0 aliphatic heterocycles. The average molecular weight is 1020 g/mol. The first-order valence-corrected chi connectivity index (χ1v) is 29.7. The minimum absolute atomic E-state index is 0.0839. The summed E-state index contributed by atoms with van der Waals surface area (Å²) in [5.41, 5.74) is 0. The van der Waals surface area contributed by atoms with Gasteiger partial charge in [0.15, 0.2) is 6.10 Å². The minimum Gasteiger partial charge on any atom is -0.462 e. The number of unbranched alkanes of at least 4 members (excludes halogenated alkanes) is 16. The van der Waals surface area contributed by atoms with E-state index in [4.69, 9.17) is 9.47 Å². The molecule has 0 aliphatic rings. The van der Waals surface area contributed by atoms with Crippen LogP contribution in [0.25, 0.3) is 0 Å². The fourth-order valence-corrected chi connectivity index (χ4v) is 7.63. The number of carbonyl (C=O) groups is 2. The van der Waals surface area contributed by atoms with E-state index < -0.39 is 6.10 Å². The van der Waals surface area contributed by atoms with Crippen LogP contribution in [0.4, 0.5) is 0 Å². The summed E-state index contributed by atoms with van der Waals surface area (Å²) in [5.74, 6) is -0.620. The Morgan fingerprint density at radius 1 is 0.311 bits per heavy atom. The summed E-state index contributed by atoms with van der Waals surface area (Å²) in [7, 11) is 0. The quantitative estimate of drug-likeness (QED) is 0.0373. The molecule has 0 aliphatic carbocycles. The molecule has 74 heavy (non-hydrogen) atoms. The van der Waals surface area contributed by atoms with E-state index in [1.165, 1.54) is 64.2 Å². The van der Waals surface area contributed by atoms with Crippen molar-refractivity contribution in [3.8, 4) is 0 Å². The molecule has 5 nitrogen and oxygen atoms in total. The topological polar surface area (TPSA) is 72.8 Å². The molecule has 0 saturated carbocycles. The van der Waals surface area contributed by atoms with Crippen LogP contribution < -0.4 is 0 Å². The van der Waals surface area contributed by atoms with Crippen molar-refractivity contribution < 1.29 is 24.2 Å². The first-order chi connectivity index (χ1) is 36.6. The molecular weight excluding hydrogens is 909 g/mol. The summed E-state index contributed by atoms with van der Waals surface area (Å²) < 4.78 is 10.7. The van der Waals surface area contributed by atoms with Gasteiger partial charge < -0.3 is 14.6 Å². The Bertz CT molecular complexity index is 1670. The van der Waals surface area contributed by atoms with Crippen molar-refractivity contribution >= 4 is 11.9 Å². The van der Waals surface area contributed by atoms with Gasteiger partial charge in [-0.2, -0.15) is 0 Å². The Morgan fingerprint density at radius 2 is 0.541 bits per heavy atom. The number of aliphatic hydroxyl groups is 1. The Kier molecular flexibility index (Phi) is 58.5. The Morgan fingerprint density at radius 3 is 0.811 bits per heavy atom. The summed E-state index contributed by atoms with van der Waals surface area (Å²) in [6, 6.07) is 0. The molecule has 0 aromatic rings. The van der Waals surface area contributed by atoms with E-state index in [-0.39, 0.29) is 25.2 Å². The fourth-order valence-electron chi connectivity index (χ4n) is 7.63. The van der Waals surface area contributed by atoms with E-state index in [9.17, 15) is 14.7 Å². The van der Waals surface area contributed by atoms with E-state index in [1.807, 2.05) is 0 Å². The molecule has 0 rings (SSSR count). The minimum atomic E-state index is -0.794. The van der Waals surface area contributed by atoms with Gasteiger partial charge in [-0.25, -0.2) is 0 Å². The van der Waals surface area contributed by atoms with Crippen LogP contribution in [0, 0.1) is 0 Å². The van der Waals surface area contributed by atoms with Gasteiger partial charge in [0.1, 0.15) is 6.61 Å². The number of carbonyl (C=O) groups excluding carboxylic acids is 2. The number of esters is 2. The standard InChI is InChI=1S/C69H108O5/c1-3-5-7-9-11-13-15-17-19-21-23-25-26-27-28-29-30-31-32-33-34-35-36-37-38-39-40-41-42-44-46-48-50-52-54-56-58-60-62-64-69(72)74-67(65-70)66-73-68(71)63-61-59-57-55-53-51-49-47-45-43-24-22-20-18-16-14-12-10-8-6-4-2/h5-8,11-14,17-20,23-25,27-28,30-31,33-34,36-37,39-40,42-44,67,70H,3-4,9-10,15-16,21-22,26,29,32,35,38,41,45-66H2,1-2H3/b7-5-,8-6-,13-11-,14-12-,19-17-,20-18-,25-23-,28-27-,31-30-,34-33-,37-36-,40-39-,43-24-,44-42-. The zero-order valence-electron chi connectivity index (χ0n) is 47.3. The fraction of sp³-hybridized carbons (Fsp3) is 0.565. The molecule has 0 aromatic heterocycles.